The molecule has 0 saturated heterocycles. The first kappa shape index (κ1) is 15.7. The summed E-state index contributed by atoms with van der Waals surface area (Å²) in [6, 6.07) is 33.3. The molecular formula is C22H17N2P. The molecule has 0 amide bonds. The van der Waals surface area contributed by atoms with Crippen molar-refractivity contribution in [3.63, 3.8) is 0 Å². The van der Waals surface area contributed by atoms with Crippen LogP contribution in [0.25, 0.3) is 11.3 Å². The van der Waals surface area contributed by atoms with Crippen LogP contribution in [0.15, 0.2) is 103 Å². The second-order valence-electron chi connectivity index (χ2n) is 5.61. The van der Waals surface area contributed by atoms with Gasteiger partial charge in [0, 0.05) is 19.7 Å². The van der Waals surface area contributed by atoms with E-state index in [1.54, 1.807) is 0 Å². The van der Waals surface area contributed by atoms with Crippen LogP contribution in [0.4, 0.5) is 0 Å². The Morgan fingerprint density at radius 2 is 1.08 bits per heavy atom. The number of nitrogens with zero attached hydrogens (tertiary/aromatic N) is 2. The van der Waals surface area contributed by atoms with Crippen LogP contribution in [-0.4, -0.2) is 9.97 Å². The third-order valence-corrected chi connectivity index (χ3v) is 6.19. The van der Waals surface area contributed by atoms with Gasteiger partial charge in [-0.15, -0.1) is 0 Å². The molecule has 0 saturated carbocycles. The van der Waals surface area contributed by atoms with Crippen molar-refractivity contribution < 1.29 is 0 Å². The van der Waals surface area contributed by atoms with Crippen LogP contribution in [0.1, 0.15) is 0 Å². The van der Waals surface area contributed by atoms with Crippen molar-refractivity contribution >= 4 is 24.1 Å². The Kier molecular flexibility index (Phi) is 4.63. The summed E-state index contributed by atoms with van der Waals surface area (Å²) in [5.74, 6) is 0. The molecule has 1 heterocycles. The third-order valence-electron chi connectivity index (χ3n) is 3.94. The molecule has 0 N–H and O–H groups in total. The largest absolute Gasteiger partial charge is 0.236 e. The van der Waals surface area contributed by atoms with E-state index in [0.29, 0.717) is 0 Å². The number of aromatic nitrogens is 2. The Balaban J connectivity index is 1.83. The molecule has 2 nitrogen and oxygen atoms in total. The zero-order valence-corrected chi connectivity index (χ0v) is 14.6. The average Bonchev–Trinajstić information content (AvgIpc) is 2.71. The van der Waals surface area contributed by atoms with Gasteiger partial charge in [-0.05, 0) is 16.7 Å². The normalized spacial score (nSPS) is 10.8. The highest BCUT2D eigenvalue weighted by Crippen LogP contribution is 2.31. The van der Waals surface area contributed by atoms with Crippen molar-refractivity contribution in [2.45, 2.75) is 0 Å². The van der Waals surface area contributed by atoms with Crippen molar-refractivity contribution in [3.05, 3.63) is 103 Å². The van der Waals surface area contributed by atoms with Crippen LogP contribution in [0.5, 0.6) is 0 Å². The van der Waals surface area contributed by atoms with E-state index in [4.69, 9.17) is 4.98 Å². The summed E-state index contributed by atoms with van der Waals surface area (Å²) in [5.41, 5.74) is 2.96. The van der Waals surface area contributed by atoms with Crippen LogP contribution in [0, 0.1) is 0 Å². The van der Waals surface area contributed by atoms with Gasteiger partial charge in [-0.1, -0.05) is 91.0 Å². The van der Waals surface area contributed by atoms with E-state index in [0.717, 1.165) is 16.8 Å². The van der Waals surface area contributed by atoms with Crippen LogP contribution in [0.2, 0.25) is 0 Å². The molecule has 0 bridgehead atoms. The molecule has 0 aliphatic rings. The van der Waals surface area contributed by atoms with Crippen LogP contribution in [0.3, 0.4) is 0 Å². The first-order valence-electron chi connectivity index (χ1n) is 8.20. The van der Waals surface area contributed by atoms with Gasteiger partial charge < -0.3 is 0 Å². The van der Waals surface area contributed by atoms with Crippen LogP contribution in [-0.2, 0) is 0 Å². The molecule has 3 heteroatoms. The Labute approximate surface area is 149 Å². The fourth-order valence-electron chi connectivity index (χ4n) is 2.76. The number of rotatable bonds is 4. The molecule has 0 spiro atoms. The highest BCUT2D eigenvalue weighted by molar-refractivity contribution is 7.79. The Morgan fingerprint density at radius 1 is 0.560 bits per heavy atom. The number of hydrogen-bond acceptors (Lipinski definition) is 2. The quantitative estimate of drug-likeness (QED) is 0.527. The molecule has 0 radical (unpaired) electrons. The minimum Gasteiger partial charge on any atom is -0.236 e. The molecule has 3 aromatic carbocycles. The van der Waals surface area contributed by atoms with Gasteiger partial charge in [0.25, 0.3) is 0 Å². The topological polar surface area (TPSA) is 25.8 Å². The average molecular weight is 340 g/mol. The van der Waals surface area contributed by atoms with Crippen LogP contribution >= 0.6 is 7.92 Å². The zero-order chi connectivity index (χ0) is 16.9. The monoisotopic (exact) mass is 340 g/mol. The third kappa shape index (κ3) is 3.50. The minimum atomic E-state index is -0.775. The molecule has 0 atom stereocenters. The summed E-state index contributed by atoms with van der Waals surface area (Å²) in [6.45, 7) is 0. The molecule has 4 rings (SSSR count). The Hall–Kier alpha value is -2.83. The van der Waals surface area contributed by atoms with Gasteiger partial charge >= 0.3 is 0 Å². The maximum Gasteiger partial charge on any atom is 0.160 e. The predicted octanol–water partition coefficient (Wildman–Crippen LogP) is 3.90. The molecule has 25 heavy (non-hydrogen) atoms. The second kappa shape index (κ2) is 7.38. The predicted molar refractivity (Wildman–Crippen MR) is 106 cm³/mol. The van der Waals surface area contributed by atoms with Gasteiger partial charge in [-0.3, -0.25) is 0 Å². The molecular weight excluding hydrogens is 323 g/mol. The van der Waals surface area contributed by atoms with Gasteiger partial charge in [0.2, 0.25) is 0 Å². The van der Waals surface area contributed by atoms with Crippen LogP contribution < -0.4 is 16.2 Å². The highest BCUT2D eigenvalue weighted by Gasteiger charge is 2.19. The molecule has 0 fully saturated rings. The van der Waals surface area contributed by atoms with Crippen molar-refractivity contribution in [1.82, 2.24) is 9.97 Å². The fourth-order valence-corrected chi connectivity index (χ4v) is 4.85. The van der Waals surface area contributed by atoms with E-state index in [-0.39, 0.29) is 0 Å². The summed E-state index contributed by atoms with van der Waals surface area (Å²) in [5, 5.41) is 2.52. The first-order valence-corrected chi connectivity index (χ1v) is 9.55. The smallest absolute Gasteiger partial charge is 0.160 e. The molecule has 4 aromatic rings. The van der Waals surface area contributed by atoms with Crippen molar-refractivity contribution in [3.8, 4) is 11.3 Å². The number of benzene rings is 3. The second-order valence-corrected chi connectivity index (χ2v) is 7.72. The van der Waals surface area contributed by atoms with E-state index in [9.17, 15) is 0 Å². The standard InChI is InChI=1S/C22H17N2P/c1-4-10-18(11-5-1)21-16-17-23-22(24-21)25(19-12-6-2-7-13-19)20-14-8-3-9-15-20/h1-17H. The summed E-state index contributed by atoms with van der Waals surface area (Å²) in [4.78, 5) is 9.55. The number of hydrogen-bond donors (Lipinski definition) is 0. The van der Waals surface area contributed by atoms with Gasteiger partial charge in [-0.25, -0.2) is 9.97 Å². The molecule has 0 aliphatic heterocycles. The van der Waals surface area contributed by atoms with Gasteiger partial charge in [0.1, 0.15) is 0 Å². The van der Waals surface area contributed by atoms with E-state index in [2.05, 4.69) is 65.6 Å². The molecule has 120 valence electrons. The van der Waals surface area contributed by atoms with E-state index in [1.165, 1.54) is 10.6 Å². The summed E-state index contributed by atoms with van der Waals surface area (Å²) in [6.07, 6.45) is 1.87. The molecule has 1 aromatic heterocycles. The lowest BCUT2D eigenvalue weighted by molar-refractivity contribution is 1.24. The van der Waals surface area contributed by atoms with E-state index < -0.39 is 7.92 Å². The maximum atomic E-state index is 4.91. The van der Waals surface area contributed by atoms with Crippen molar-refractivity contribution in [2.24, 2.45) is 0 Å². The zero-order valence-electron chi connectivity index (χ0n) is 13.7. The lowest BCUT2D eigenvalue weighted by Crippen LogP contribution is -2.25. The Bertz CT molecular complexity index is 902. The summed E-state index contributed by atoms with van der Waals surface area (Å²) >= 11 is 0. The van der Waals surface area contributed by atoms with Crippen molar-refractivity contribution in [1.29, 1.82) is 0 Å². The molecule has 0 unspecified atom stereocenters. The van der Waals surface area contributed by atoms with Gasteiger partial charge in [0.05, 0.1) is 5.69 Å². The van der Waals surface area contributed by atoms with E-state index in [1.807, 2.05) is 42.6 Å². The van der Waals surface area contributed by atoms with Gasteiger partial charge in [0.15, 0.2) is 5.57 Å². The molecule has 0 aliphatic carbocycles. The lowest BCUT2D eigenvalue weighted by Gasteiger charge is -2.17. The first-order chi connectivity index (χ1) is 12.4. The highest BCUT2D eigenvalue weighted by atomic mass is 31.1. The van der Waals surface area contributed by atoms with E-state index >= 15 is 0 Å². The summed E-state index contributed by atoms with van der Waals surface area (Å²) < 4.78 is 0. The fraction of sp³-hybridized carbons (Fsp3) is 0. The Morgan fingerprint density at radius 3 is 1.64 bits per heavy atom. The maximum absolute atomic E-state index is 4.91. The SMILES string of the molecule is c1ccc(-c2ccnc(P(c3ccccc3)c3ccccc3)n2)cc1. The minimum absolute atomic E-state index is 0.775. The summed E-state index contributed by atoms with van der Waals surface area (Å²) in [7, 11) is -0.775. The van der Waals surface area contributed by atoms with Gasteiger partial charge in [-0.2, -0.15) is 0 Å². The lowest BCUT2D eigenvalue weighted by atomic mass is 10.1. The van der Waals surface area contributed by atoms with Crippen molar-refractivity contribution in [2.75, 3.05) is 0 Å².